The molecular weight excluding hydrogens is 316 g/mol. The summed E-state index contributed by atoms with van der Waals surface area (Å²) >= 11 is 1.79. The molecule has 2 aromatic heterocycles. The average Bonchev–Trinajstić information content (AvgIpc) is 3.00. The number of aromatic hydroxyl groups is 1. The van der Waals surface area contributed by atoms with Gasteiger partial charge in [-0.05, 0) is 48.1 Å². The van der Waals surface area contributed by atoms with Crippen molar-refractivity contribution in [3.05, 3.63) is 53.2 Å². The molecule has 1 aliphatic carbocycles. The van der Waals surface area contributed by atoms with Crippen molar-refractivity contribution in [2.45, 2.75) is 25.7 Å². The highest BCUT2D eigenvalue weighted by atomic mass is 32.1. The van der Waals surface area contributed by atoms with Crippen LogP contribution in [0.4, 0.5) is 0 Å². The minimum Gasteiger partial charge on any atom is -0.507 e. The molecule has 4 heteroatoms. The molecule has 2 heterocycles. The minimum absolute atomic E-state index is 0.282. The van der Waals surface area contributed by atoms with Crippen LogP contribution in [0.2, 0.25) is 0 Å². The number of hydrogen-bond donors (Lipinski definition) is 1. The monoisotopic (exact) mass is 332 g/mol. The highest BCUT2D eigenvalue weighted by molar-refractivity contribution is 7.19. The Hall–Kier alpha value is -2.46. The Kier molecular flexibility index (Phi) is 3.06. The van der Waals surface area contributed by atoms with Gasteiger partial charge in [-0.25, -0.2) is 9.97 Å². The van der Waals surface area contributed by atoms with Crippen molar-refractivity contribution in [2.75, 3.05) is 0 Å². The molecule has 0 amide bonds. The Morgan fingerprint density at radius 2 is 1.83 bits per heavy atom. The topological polar surface area (TPSA) is 46.0 Å². The number of nitrogens with zero attached hydrogens (tertiary/aromatic N) is 2. The number of thiophene rings is 1. The van der Waals surface area contributed by atoms with Crippen LogP contribution in [0, 0.1) is 0 Å². The lowest BCUT2D eigenvalue weighted by Gasteiger charge is -2.13. The molecule has 0 radical (unpaired) electrons. The van der Waals surface area contributed by atoms with Crippen LogP contribution in [0.5, 0.6) is 5.75 Å². The van der Waals surface area contributed by atoms with Gasteiger partial charge < -0.3 is 5.11 Å². The Morgan fingerprint density at radius 1 is 0.958 bits per heavy atom. The second kappa shape index (κ2) is 5.28. The van der Waals surface area contributed by atoms with Crippen LogP contribution >= 0.6 is 11.3 Å². The van der Waals surface area contributed by atoms with Crippen molar-refractivity contribution >= 4 is 32.3 Å². The molecule has 0 aliphatic heterocycles. The van der Waals surface area contributed by atoms with E-state index in [1.807, 2.05) is 18.2 Å². The van der Waals surface area contributed by atoms with Gasteiger partial charge >= 0.3 is 0 Å². The van der Waals surface area contributed by atoms with Gasteiger partial charge in [0, 0.05) is 10.3 Å². The molecule has 5 rings (SSSR count). The first-order valence-corrected chi connectivity index (χ1v) is 9.11. The van der Waals surface area contributed by atoms with Gasteiger partial charge in [0.2, 0.25) is 0 Å². The molecule has 0 fully saturated rings. The summed E-state index contributed by atoms with van der Waals surface area (Å²) in [5.74, 6) is 0.282. The second-order valence-electron chi connectivity index (χ2n) is 6.29. The van der Waals surface area contributed by atoms with Crippen LogP contribution in [0.1, 0.15) is 23.3 Å². The maximum Gasteiger partial charge on any atom is 0.127 e. The van der Waals surface area contributed by atoms with Crippen LogP contribution < -0.4 is 0 Å². The van der Waals surface area contributed by atoms with Crippen molar-refractivity contribution < 1.29 is 5.11 Å². The van der Waals surface area contributed by atoms with E-state index >= 15 is 0 Å². The van der Waals surface area contributed by atoms with Crippen molar-refractivity contribution in [2.24, 2.45) is 0 Å². The minimum atomic E-state index is 0.282. The van der Waals surface area contributed by atoms with Crippen LogP contribution in [-0.4, -0.2) is 15.1 Å². The normalized spacial score (nSPS) is 14.2. The summed E-state index contributed by atoms with van der Waals surface area (Å²) in [7, 11) is 0. The van der Waals surface area contributed by atoms with Crippen LogP contribution in [-0.2, 0) is 12.8 Å². The molecule has 118 valence electrons. The Balaban J connectivity index is 1.91. The van der Waals surface area contributed by atoms with Gasteiger partial charge in [0.1, 0.15) is 16.9 Å². The van der Waals surface area contributed by atoms with E-state index in [1.165, 1.54) is 23.3 Å². The van der Waals surface area contributed by atoms with E-state index < -0.39 is 0 Å². The molecule has 0 unspecified atom stereocenters. The Labute approximate surface area is 143 Å². The maximum atomic E-state index is 10.6. The maximum absolute atomic E-state index is 10.6. The quantitative estimate of drug-likeness (QED) is 0.528. The lowest BCUT2D eigenvalue weighted by molar-refractivity contribution is 0.478. The molecule has 0 bridgehead atoms. The van der Waals surface area contributed by atoms with Gasteiger partial charge in [-0.2, -0.15) is 0 Å². The molecule has 4 aromatic rings. The van der Waals surface area contributed by atoms with Crippen LogP contribution in [0.25, 0.3) is 32.2 Å². The third-order valence-corrected chi connectivity index (χ3v) is 6.09. The summed E-state index contributed by atoms with van der Waals surface area (Å²) in [6.07, 6.45) is 6.32. The zero-order valence-corrected chi connectivity index (χ0v) is 13.9. The number of hydrogen-bond acceptors (Lipinski definition) is 4. The number of aryl methyl sites for hydroxylation is 2. The van der Waals surface area contributed by atoms with Gasteiger partial charge in [-0.15, -0.1) is 11.3 Å². The molecule has 0 spiro atoms. The fraction of sp³-hybridized carbons (Fsp3) is 0.200. The fourth-order valence-electron chi connectivity index (χ4n) is 3.79. The van der Waals surface area contributed by atoms with Gasteiger partial charge in [0.25, 0.3) is 0 Å². The first-order chi connectivity index (χ1) is 11.8. The molecule has 24 heavy (non-hydrogen) atoms. The van der Waals surface area contributed by atoms with E-state index in [-0.39, 0.29) is 5.75 Å². The van der Waals surface area contributed by atoms with Crippen molar-refractivity contribution in [3.8, 4) is 17.0 Å². The molecule has 3 nitrogen and oxygen atoms in total. The summed E-state index contributed by atoms with van der Waals surface area (Å²) in [4.78, 5) is 11.6. The van der Waals surface area contributed by atoms with Gasteiger partial charge in [-0.3, -0.25) is 0 Å². The van der Waals surface area contributed by atoms with Gasteiger partial charge in [0.15, 0.2) is 0 Å². The predicted octanol–water partition coefficient (Wildman–Crippen LogP) is 5.10. The first kappa shape index (κ1) is 13.9. The lowest BCUT2D eigenvalue weighted by atomic mass is 9.93. The summed E-state index contributed by atoms with van der Waals surface area (Å²) in [5, 5.41) is 13.9. The van der Waals surface area contributed by atoms with E-state index in [2.05, 4.69) is 22.1 Å². The van der Waals surface area contributed by atoms with Crippen LogP contribution in [0.3, 0.4) is 0 Å². The number of phenols is 1. The summed E-state index contributed by atoms with van der Waals surface area (Å²) in [6.45, 7) is 0. The molecular formula is C20H16N2OS. The standard InChI is InChI=1S/C20H16N2OS/c23-15-10-9-12-5-1-2-6-13(12)17(15)19-18-14-7-3-4-8-16(14)24-20(18)22-11-21-19/h1-2,5-6,9-11,23H,3-4,7-8H2. The number of phenolic OH excluding ortho intramolecular Hbond substituents is 1. The number of benzene rings is 2. The van der Waals surface area contributed by atoms with Crippen molar-refractivity contribution in [1.82, 2.24) is 9.97 Å². The summed E-state index contributed by atoms with van der Waals surface area (Å²) in [5.41, 5.74) is 3.09. The zero-order valence-electron chi connectivity index (χ0n) is 13.1. The van der Waals surface area contributed by atoms with E-state index in [0.717, 1.165) is 45.1 Å². The van der Waals surface area contributed by atoms with Crippen molar-refractivity contribution in [3.63, 3.8) is 0 Å². The fourth-order valence-corrected chi connectivity index (χ4v) is 5.02. The lowest BCUT2D eigenvalue weighted by Crippen LogP contribution is -1.99. The third kappa shape index (κ3) is 1.96. The number of rotatable bonds is 1. The molecule has 0 saturated carbocycles. The van der Waals surface area contributed by atoms with Gasteiger partial charge in [0.05, 0.1) is 11.3 Å². The molecule has 1 aliphatic rings. The molecule has 0 atom stereocenters. The zero-order chi connectivity index (χ0) is 16.1. The van der Waals surface area contributed by atoms with E-state index in [9.17, 15) is 5.11 Å². The van der Waals surface area contributed by atoms with Crippen molar-refractivity contribution in [1.29, 1.82) is 0 Å². The summed E-state index contributed by atoms with van der Waals surface area (Å²) in [6, 6.07) is 11.9. The Bertz CT molecular complexity index is 1080. The van der Waals surface area contributed by atoms with Crippen LogP contribution in [0.15, 0.2) is 42.7 Å². The predicted molar refractivity (Wildman–Crippen MR) is 98.7 cm³/mol. The van der Waals surface area contributed by atoms with E-state index in [4.69, 9.17) is 0 Å². The number of aromatic nitrogens is 2. The van der Waals surface area contributed by atoms with E-state index in [1.54, 1.807) is 23.7 Å². The third-order valence-electron chi connectivity index (χ3n) is 4.90. The second-order valence-corrected chi connectivity index (χ2v) is 7.38. The molecule has 0 saturated heterocycles. The SMILES string of the molecule is Oc1ccc2ccccc2c1-c1ncnc2sc3c(c12)CCCC3. The largest absolute Gasteiger partial charge is 0.507 e. The highest BCUT2D eigenvalue weighted by Crippen LogP contribution is 2.43. The van der Waals surface area contributed by atoms with E-state index in [0.29, 0.717) is 0 Å². The number of fused-ring (bicyclic) bond motifs is 4. The molecule has 2 aromatic carbocycles. The Morgan fingerprint density at radius 3 is 2.79 bits per heavy atom. The van der Waals surface area contributed by atoms with Gasteiger partial charge in [-0.1, -0.05) is 30.3 Å². The smallest absolute Gasteiger partial charge is 0.127 e. The average molecular weight is 332 g/mol. The summed E-state index contributed by atoms with van der Waals surface area (Å²) < 4.78 is 0. The highest BCUT2D eigenvalue weighted by Gasteiger charge is 2.22. The first-order valence-electron chi connectivity index (χ1n) is 8.29. The molecule has 1 N–H and O–H groups in total.